The zero-order valence-electron chi connectivity index (χ0n) is 10.7. The Bertz CT molecular complexity index is 473. The van der Waals surface area contributed by atoms with Gasteiger partial charge in [-0.3, -0.25) is 0 Å². The van der Waals surface area contributed by atoms with Crippen LogP contribution in [-0.2, 0) is 6.42 Å². The van der Waals surface area contributed by atoms with Crippen LogP contribution in [0.15, 0.2) is 34.9 Å². The van der Waals surface area contributed by atoms with Gasteiger partial charge in [-0.2, -0.15) is 0 Å². The van der Waals surface area contributed by atoms with Gasteiger partial charge >= 0.3 is 0 Å². The number of aliphatic hydroxyl groups excluding tert-OH is 1. The van der Waals surface area contributed by atoms with Gasteiger partial charge in [0.2, 0.25) is 5.89 Å². The molecule has 96 valence electrons. The van der Waals surface area contributed by atoms with Crippen molar-refractivity contribution >= 4 is 0 Å². The van der Waals surface area contributed by atoms with Crippen LogP contribution in [0.25, 0.3) is 11.5 Å². The summed E-state index contributed by atoms with van der Waals surface area (Å²) >= 11 is 0. The Hall–Kier alpha value is -1.61. The highest BCUT2D eigenvalue weighted by Gasteiger charge is 2.06. The van der Waals surface area contributed by atoms with Crippen molar-refractivity contribution in [2.75, 3.05) is 6.61 Å². The molecule has 0 saturated heterocycles. The number of nitrogens with zero attached hydrogens (tertiary/aromatic N) is 1. The Morgan fingerprint density at radius 1 is 1.11 bits per heavy atom. The molecule has 1 aromatic carbocycles. The van der Waals surface area contributed by atoms with Crippen LogP contribution < -0.4 is 0 Å². The monoisotopic (exact) mass is 245 g/mol. The second-order valence-electron chi connectivity index (χ2n) is 4.54. The lowest BCUT2D eigenvalue weighted by molar-refractivity contribution is 0.283. The first-order valence-electron chi connectivity index (χ1n) is 6.42. The van der Waals surface area contributed by atoms with Crippen LogP contribution in [0.5, 0.6) is 0 Å². The normalized spacial score (nSPS) is 10.8. The smallest absolute Gasteiger partial charge is 0.226 e. The van der Waals surface area contributed by atoms with Crippen LogP contribution in [0.2, 0.25) is 0 Å². The molecule has 3 nitrogen and oxygen atoms in total. The average molecular weight is 245 g/mol. The standard InChI is InChI=1S/C15H19NO2/c1-12-6-8-13(9-7-12)15-16-14(11-18-15)5-3-2-4-10-17/h6-9,11,17H,2-5,10H2,1H3. The Morgan fingerprint density at radius 2 is 1.89 bits per heavy atom. The molecule has 0 saturated carbocycles. The lowest BCUT2D eigenvalue weighted by Crippen LogP contribution is -1.88. The van der Waals surface area contributed by atoms with Crippen molar-refractivity contribution in [1.82, 2.24) is 4.98 Å². The molecule has 2 aromatic rings. The summed E-state index contributed by atoms with van der Waals surface area (Å²) in [5, 5.41) is 8.70. The minimum absolute atomic E-state index is 0.271. The number of aryl methyl sites for hydroxylation is 2. The maximum atomic E-state index is 8.70. The van der Waals surface area contributed by atoms with Crippen molar-refractivity contribution in [2.45, 2.75) is 32.6 Å². The molecule has 2 rings (SSSR count). The summed E-state index contributed by atoms with van der Waals surface area (Å²) < 4.78 is 5.49. The van der Waals surface area contributed by atoms with Gasteiger partial charge in [0.15, 0.2) is 0 Å². The summed E-state index contributed by atoms with van der Waals surface area (Å²) in [5.41, 5.74) is 3.24. The quantitative estimate of drug-likeness (QED) is 0.794. The molecule has 0 atom stereocenters. The maximum absolute atomic E-state index is 8.70. The van der Waals surface area contributed by atoms with Gasteiger partial charge in [-0.15, -0.1) is 0 Å². The third-order valence-electron chi connectivity index (χ3n) is 2.94. The van der Waals surface area contributed by atoms with Gasteiger partial charge in [0.1, 0.15) is 6.26 Å². The van der Waals surface area contributed by atoms with Crippen molar-refractivity contribution in [3.63, 3.8) is 0 Å². The molecule has 0 unspecified atom stereocenters. The lowest BCUT2D eigenvalue weighted by atomic mass is 10.1. The van der Waals surface area contributed by atoms with Gasteiger partial charge in [0.25, 0.3) is 0 Å². The molecule has 0 radical (unpaired) electrons. The van der Waals surface area contributed by atoms with Crippen LogP contribution in [0.3, 0.4) is 0 Å². The number of aromatic nitrogens is 1. The fraction of sp³-hybridized carbons (Fsp3) is 0.400. The topological polar surface area (TPSA) is 46.3 Å². The van der Waals surface area contributed by atoms with Crippen molar-refractivity contribution in [3.8, 4) is 11.5 Å². The Balaban J connectivity index is 1.95. The summed E-state index contributed by atoms with van der Waals surface area (Å²) in [6.45, 7) is 2.33. The number of hydrogen-bond donors (Lipinski definition) is 1. The van der Waals surface area contributed by atoms with Gasteiger partial charge in [-0.1, -0.05) is 24.1 Å². The summed E-state index contributed by atoms with van der Waals surface area (Å²) in [4.78, 5) is 4.48. The molecule has 0 aliphatic heterocycles. The second kappa shape index (κ2) is 6.36. The molecule has 18 heavy (non-hydrogen) atoms. The third kappa shape index (κ3) is 3.44. The SMILES string of the molecule is Cc1ccc(-c2nc(CCCCCO)co2)cc1. The maximum Gasteiger partial charge on any atom is 0.226 e. The van der Waals surface area contributed by atoms with Gasteiger partial charge in [-0.25, -0.2) is 4.98 Å². The predicted molar refractivity (Wildman–Crippen MR) is 71.3 cm³/mol. The Morgan fingerprint density at radius 3 is 2.61 bits per heavy atom. The van der Waals surface area contributed by atoms with E-state index in [1.165, 1.54) is 5.56 Å². The third-order valence-corrected chi connectivity index (χ3v) is 2.94. The van der Waals surface area contributed by atoms with Crippen molar-refractivity contribution < 1.29 is 9.52 Å². The van der Waals surface area contributed by atoms with Crippen molar-refractivity contribution in [3.05, 3.63) is 41.8 Å². The first-order valence-corrected chi connectivity index (χ1v) is 6.42. The van der Waals surface area contributed by atoms with Crippen LogP contribution in [0.4, 0.5) is 0 Å². The number of unbranched alkanes of at least 4 members (excludes halogenated alkanes) is 2. The van der Waals surface area contributed by atoms with Crippen LogP contribution in [-0.4, -0.2) is 16.7 Å². The molecule has 1 aromatic heterocycles. The van der Waals surface area contributed by atoms with E-state index < -0.39 is 0 Å². The molecule has 0 fully saturated rings. The van der Waals surface area contributed by atoms with E-state index in [0.29, 0.717) is 5.89 Å². The molecular weight excluding hydrogens is 226 g/mol. The van der Waals surface area contributed by atoms with Crippen molar-refractivity contribution in [2.24, 2.45) is 0 Å². The first-order chi connectivity index (χ1) is 8.79. The Labute approximate surface area is 107 Å². The number of benzene rings is 1. The largest absolute Gasteiger partial charge is 0.444 e. The van der Waals surface area contributed by atoms with Gasteiger partial charge in [-0.05, 0) is 38.3 Å². The highest BCUT2D eigenvalue weighted by atomic mass is 16.3. The number of rotatable bonds is 6. The van der Waals surface area contributed by atoms with E-state index in [2.05, 4.69) is 24.0 Å². The zero-order valence-corrected chi connectivity index (χ0v) is 10.7. The summed E-state index contributed by atoms with van der Waals surface area (Å²) in [5.74, 6) is 0.687. The molecule has 0 aliphatic rings. The number of aliphatic hydroxyl groups is 1. The number of oxazole rings is 1. The molecule has 0 aliphatic carbocycles. The summed E-state index contributed by atoms with van der Waals surface area (Å²) in [6.07, 6.45) is 5.58. The van der Waals surface area contributed by atoms with E-state index in [4.69, 9.17) is 9.52 Å². The van der Waals surface area contributed by atoms with Gasteiger partial charge in [0, 0.05) is 12.2 Å². The van der Waals surface area contributed by atoms with E-state index in [1.807, 2.05) is 12.1 Å². The molecule has 0 amide bonds. The van der Waals surface area contributed by atoms with Crippen LogP contribution in [0.1, 0.15) is 30.5 Å². The van der Waals surface area contributed by atoms with E-state index in [9.17, 15) is 0 Å². The fourth-order valence-corrected chi connectivity index (χ4v) is 1.85. The summed E-state index contributed by atoms with van der Waals surface area (Å²) in [6, 6.07) is 8.16. The highest BCUT2D eigenvalue weighted by molar-refractivity contribution is 5.53. The van der Waals surface area contributed by atoms with Crippen molar-refractivity contribution in [1.29, 1.82) is 0 Å². The first kappa shape index (κ1) is 12.8. The van der Waals surface area contributed by atoms with Gasteiger partial charge < -0.3 is 9.52 Å². The summed E-state index contributed by atoms with van der Waals surface area (Å²) in [7, 11) is 0. The zero-order chi connectivity index (χ0) is 12.8. The highest BCUT2D eigenvalue weighted by Crippen LogP contribution is 2.19. The molecule has 1 N–H and O–H groups in total. The van der Waals surface area contributed by atoms with E-state index in [1.54, 1.807) is 6.26 Å². The fourth-order valence-electron chi connectivity index (χ4n) is 1.85. The molecular formula is C15H19NO2. The second-order valence-corrected chi connectivity index (χ2v) is 4.54. The molecule has 1 heterocycles. The molecule has 0 bridgehead atoms. The van der Waals surface area contributed by atoms with Gasteiger partial charge in [0.05, 0.1) is 5.69 Å². The predicted octanol–water partition coefficient (Wildman–Crippen LogP) is 3.36. The van der Waals surface area contributed by atoms with E-state index >= 15 is 0 Å². The lowest BCUT2D eigenvalue weighted by Gasteiger charge is -1.96. The minimum atomic E-state index is 0.271. The van der Waals surface area contributed by atoms with E-state index in [0.717, 1.165) is 36.9 Å². The number of hydrogen-bond acceptors (Lipinski definition) is 3. The minimum Gasteiger partial charge on any atom is -0.444 e. The van der Waals surface area contributed by atoms with E-state index in [-0.39, 0.29) is 6.61 Å². The molecule has 3 heteroatoms. The molecule has 0 spiro atoms. The Kier molecular flexibility index (Phi) is 4.53. The van der Waals surface area contributed by atoms with Crippen LogP contribution >= 0.6 is 0 Å². The average Bonchev–Trinajstić information content (AvgIpc) is 2.84. The van der Waals surface area contributed by atoms with Crippen LogP contribution in [0, 0.1) is 6.92 Å².